The molecule has 0 fully saturated rings. The second-order valence-electron chi connectivity index (χ2n) is 6.85. The third kappa shape index (κ3) is 11.3. The first-order valence-corrected chi connectivity index (χ1v) is 11.2. The molecule has 2 rings (SSSR count). The van der Waals surface area contributed by atoms with Crippen molar-refractivity contribution in [1.82, 2.24) is 0 Å². The molecule has 0 unspecified atom stereocenters. The molecule has 0 aromatic heterocycles. The van der Waals surface area contributed by atoms with Gasteiger partial charge in [0.25, 0.3) is 0 Å². The quantitative estimate of drug-likeness (QED) is 0.320. The van der Waals surface area contributed by atoms with Crippen molar-refractivity contribution in [3.63, 3.8) is 0 Å². The van der Waals surface area contributed by atoms with Crippen molar-refractivity contribution in [3.8, 4) is 0 Å². The van der Waals surface area contributed by atoms with Gasteiger partial charge in [0, 0.05) is 11.1 Å². The molecular formula is C28H38O4. The van der Waals surface area contributed by atoms with E-state index in [1.54, 1.807) is 13.8 Å². The molecule has 0 amide bonds. The second-order valence-corrected chi connectivity index (χ2v) is 6.85. The van der Waals surface area contributed by atoms with E-state index in [9.17, 15) is 9.59 Å². The standard InChI is InChI=1S/C24H26O4.2C2H6/c1-17(2)23(25)27-15-21-11-7-19(8-12-21)5-6-20-9-13-22(14-10-20)16-28-24(26)18(3)4;2*1-2/h7-14H,1,3,5-6,15-16H2,2,4H3;2*1-2H3. The van der Waals surface area contributed by atoms with Gasteiger partial charge in [-0.25, -0.2) is 9.59 Å². The Hall–Kier alpha value is -3.14. The SMILES string of the molecule is C=C(C)C(=O)OCc1ccc(CCc2ccc(COC(=O)C(=C)C)cc2)cc1.CC.CC. The van der Waals surface area contributed by atoms with Crippen molar-refractivity contribution in [2.75, 3.05) is 0 Å². The first-order chi connectivity index (χ1) is 15.3. The van der Waals surface area contributed by atoms with Gasteiger partial charge >= 0.3 is 11.9 Å². The van der Waals surface area contributed by atoms with Crippen LogP contribution in [0.3, 0.4) is 0 Å². The van der Waals surface area contributed by atoms with E-state index in [4.69, 9.17) is 9.47 Å². The first-order valence-electron chi connectivity index (χ1n) is 11.2. The summed E-state index contributed by atoms with van der Waals surface area (Å²) in [6.45, 7) is 18.9. The normalized spacial score (nSPS) is 9.31. The fourth-order valence-corrected chi connectivity index (χ4v) is 2.44. The third-order valence-corrected chi connectivity index (χ3v) is 4.19. The van der Waals surface area contributed by atoms with E-state index in [0.29, 0.717) is 11.1 Å². The van der Waals surface area contributed by atoms with Crippen LogP contribution in [-0.2, 0) is 45.1 Å². The molecule has 0 heterocycles. The molecule has 0 N–H and O–H groups in total. The van der Waals surface area contributed by atoms with Gasteiger partial charge in [-0.2, -0.15) is 0 Å². The Kier molecular flexibility index (Phi) is 14.9. The lowest BCUT2D eigenvalue weighted by molar-refractivity contribution is -0.141. The number of hydrogen-bond donors (Lipinski definition) is 0. The highest BCUT2D eigenvalue weighted by molar-refractivity contribution is 5.87. The van der Waals surface area contributed by atoms with Gasteiger partial charge in [0.1, 0.15) is 13.2 Å². The maximum absolute atomic E-state index is 11.4. The lowest BCUT2D eigenvalue weighted by Gasteiger charge is -2.07. The summed E-state index contributed by atoms with van der Waals surface area (Å²) in [6, 6.07) is 16.1. The minimum absolute atomic E-state index is 0.253. The molecule has 0 bridgehead atoms. The van der Waals surface area contributed by atoms with Gasteiger partial charge in [-0.15, -0.1) is 0 Å². The molecule has 0 saturated heterocycles. The highest BCUT2D eigenvalue weighted by Crippen LogP contribution is 2.12. The van der Waals surface area contributed by atoms with Crippen molar-refractivity contribution in [2.45, 2.75) is 67.6 Å². The Morgan fingerprint density at radius 2 is 0.844 bits per heavy atom. The van der Waals surface area contributed by atoms with E-state index in [1.165, 1.54) is 11.1 Å². The number of hydrogen-bond acceptors (Lipinski definition) is 4. The molecule has 2 aromatic carbocycles. The molecule has 0 aliphatic rings. The van der Waals surface area contributed by atoms with Crippen molar-refractivity contribution >= 4 is 11.9 Å². The minimum Gasteiger partial charge on any atom is -0.457 e. The number of carbonyl (C=O) groups excluding carboxylic acids is 2. The van der Waals surface area contributed by atoms with E-state index in [0.717, 1.165) is 24.0 Å². The first kappa shape index (κ1) is 28.9. The zero-order chi connectivity index (χ0) is 24.5. The van der Waals surface area contributed by atoms with Crippen molar-refractivity contribution in [2.24, 2.45) is 0 Å². The predicted octanol–water partition coefficient (Wildman–Crippen LogP) is 6.76. The summed E-state index contributed by atoms with van der Waals surface area (Å²) in [7, 11) is 0. The van der Waals surface area contributed by atoms with E-state index in [1.807, 2.05) is 52.0 Å². The summed E-state index contributed by atoms with van der Waals surface area (Å²) >= 11 is 0. The molecule has 4 heteroatoms. The van der Waals surface area contributed by atoms with Crippen LogP contribution in [0.25, 0.3) is 0 Å². The van der Waals surface area contributed by atoms with Crippen molar-refractivity contribution in [3.05, 3.63) is 95.1 Å². The van der Waals surface area contributed by atoms with Crippen LogP contribution in [0.15, 0.2) is 72.8 Å². The second kappa shape index (κ2) is 16.5. The van der Waals surface area contributed by atoms with Crippen LogP contribution < -0.4 is 0 Å². The van der Waals surface area contributed by atoms with Crippen LogP contribution >= 0.6 is 0 Å². The van der Waals surface area contributed by atoms with E-state index >= 15 is 0 Å². The van der Waals surface area contributed by atoms with Crippen LogP contribution in [-0.4, -0.2) is 11.9 Å². The summed E-state index contributed by atoms with van der Waals surface area (Å²) in [6.07, 6.45) is 1.83. The molecule has 174 valence electrons. The third-order valence-electron chi connectivity index (χ3n) is 4.19. The van der Waals surface area contributed by atoms with Crippen molar-refractivity contribution in [1.29, 1.82) is 0 Å². The Balaban J connectivity index is 0.00000227. The molecule has 0 aliphatic carbocycles. The molecule has 0 saturated carbocycles. The number of rotatable bonds is 9. The van der Waals surface area contributed by atoms with Gasteiger partial charge in [0.15, 0.2) is 0 Å². The lowest BCUT2D eigenvalue weighted by atomic mass is 10.0. The highest BCUT2D eigenvalue weighted by atomic mass is 16.5. The highest BCUT2D eigenvalue weighted by Gasteiger charge is 2.05. The number of ether oxygens (including phenoxy) is 2. The number of benzene rings is 2. The zero-order valence-electron chi connectivity index (χ0n) is 20.5. The fourth-order valence-electron chi connectivity index (χ4n) is 2.44. The summed E-state index contributed by atoms with van der Waals surface area (Å²) in [4.78, 5) is 22.8. The number of aryl methyl sites for hydroxylation is 2. The van der Waals surface area contributed by atoms with Crippen LogP contribution in [0.5, 0.6) is 0 Å². The zero-order valence-corrected chi connectivity index (χ0v) is 20.5. The topological polar surface area (TPSA) is 52.6 Å². The summed E-state index contributed by atoms with van der Waals surface area (Å²) in [5.74, 6) is -0.746. The van der Waals surface area contributed by atoms with E-state index in [2.05, 4.69) is 37.4 Å². The Morgan fingerprint density at radius 3 is 1.09 bits per heavy atom. The molecule has 0 spiro atoms. The maximum atomic E-state index is 11.4. The number of carbonyl (C=O) groups is 2. The van der Waals surface area contributed by atoms with Crippen molar-refractivity contribution < 1.29 is 19.1 Å². The lowest BCUT2D eigenvalue weighted by Crippen LogP contribution is -2.05. The van der Waals surface area contributed by atoms with E-state index < -0.39 is 0 Å². The van der Waals surface area contributed by atoms with Gasteiger partial charge in [0.05, 0.1) is 0 Å². The van der Waals surface area contributed by atoms with Crippen LogP contribution in [0.2, 0.25) is 0 Å². The summed E-state index contributed by atoms with van der Waals surface area (Å²) in [5.41, 5.74) is 5.14. The molecule has 0 atom stereocenters. The van der Waals surface area contributed by atoms with Gasteiger partial charge in [-0.05, 0) is 48.9 Å². The fraction of sp³-hybridized carbons (Fsp3) is 0.357. The van der Waals surface area contributed by atoms with Gasteiger partial charge in [-0.3, -0.25) is 0 Å². The minimum atomic E-state index is -0.373. The number of esters is 2. The molecule has 4 nitrogen and oxygen atoms in total. The monoisotopic (exact) mass is 438 g/mol. The average Bonchev–Trinajstić information content (AvgIpc) is 2.83. The Bertz CT molecular complexity index is 773. The molecule has 0 aliphatic heterocycles. The molecule has 0 radical (unpaired) electrons. The van der Waals surface area contributed by atoms with Gasteiger partial charge < -0.3 is 9.47 Å². The largest absolute Gasteiger partial charge is 0.457 e. The predicted molar refractivity (Wildman–Crippen MR) is 132 cm³/mol. The maximum Gasteiger partial charge on any atom is 0.333 e. The molecule has 32 heavy (non-hydrogen) atoms. The summed E-state index contributed by atoms with van der Waals surface area (Å²) in [5, 5.41) is 0. The molecular weight excluding hydrogens is 400 g/mol. The smallest absolute Gasteiger partial charge is 0.333 e. The summed E-state index contributed by atoms with van der Waals surface area (Å²) < 4.78 is 10.3. The Labute approximate surface area is 194 Å². The van der Waals surface area contributed by atoms with E-state index in [-0.39, 0.29) is 25.2 Å². The van der Waals surface area contributed by atoms with Crippen LogP contribution in [0.1, 0.15) is 63.8 Å². The average molecular weight is 439 g/mol. The van der Waals surface area contributed by atoms with Gasteiger partial charge in [0.2, 0.25) is 0 Å². The van der Waals surface area contributed by atoms with Gasteiger partial charge in [-0.1, -0.05) is 89.4 Å². The molecule has 2 aromatic rings. The van der Waals surface area contributed by atoms with Crippen LogP contribution in [0.4, 0.5) is 0 Å². The Morgan fingerprint density at radius 1 is 0.594 bits per heavy atom. The van der Waals surface area contributed by atoms with Crippen LogP contribution in [0, 0.1) is 0 Å².